The van der Waals surface area contributed by atoms with Gasteiger partial charge in [0.25, 0.3) is 0 Å². The molecule has 0 spiro atoms. The van der Waals surface area contributed by atoms with E-state index in [1.165, 1.54) is 0 Å². The van der Waals surface area contributed by atoms with Gasteiger partial charge >= 0.3 is 0 Å². The highest BCUT2D eigenvalue weighted by molar-refractivity contribution is 6.30. The van der Waals surface area contributed by atoms with E-state index in [0.717, 1.165) is 28.2 Å². The lowest BCUT2D eigenvalue weighted by Crippen LogP contribution is -2.00. The highest BCUT2D eigenvalue weighted by Crippen LogP contribution is 2.29. The van der Waals surface area contributed by atoms with Crippen LogP contribution in [0.1, 0.15) is 0 Å². The summed E-state index contributed by atoms with van der Waals surface area (Å²) in [4.78, 5) is 7.94. The number of aromatic nitrogens is 4. The molecule has 0 aliphatic carbocycles. The Morgan fingerprint density at radius 3 is 2.21 bits per heavy atom. The van der Waals surface area contributed by atoms with Gasteiger partial charge in [0, 0.05) is 22.3 Å². The van der Waals surface area contributed by atoms with Crippen molar-refractivity contribution in [1.29, 1.82) is 0 Å². The van der Waals surface area contributed by atoms with Gasteiger partial charge in [0.05, 0.1) is 5.69 Å². The van der Waals surface area contributed by atoms with Gasteiger partial charge in [0.15, 0.2) is 5.82 Å². The predicted molar refractivity (Wildman–Crippen MR) is 95.5 cm³/mol. The van der Waals surface area contributed by atoms with Crippen LogP contribution >= 0.6 is 11.6 Å². The molecule has 0 fully saturated rings. The third kappa shape index (κ3) is 2.79. The number of nitrogens with one attached hydrogen (secondary N) is 1. The lowest BCUT2D eigenvalue weighted by Gasteiger charge is -2.08. The third-order valence-electron chi connectivity index (χ3n) is 3.69. The molecule has 24 heavy (non-hydrogen) atoms. The van der Waals surface area contributed by atoms with Crippen molar-refractivity contribution in [1.82, 2.24) is 20.2 Å². The summed E-state index contributed by atoms with van der Waals surface area (Å²) in [5.74, 6) is 0.566. The zero-order valence-electron chi connectivity index (χ0n) is 12.6. The molecule has 0 atom stereocenters. The average Bonchev–Trinajstić information content (AvgIpc) is 3.17. The number of nitrogens with zero attached hydrogens (tertiary/aromatic N) is 3. The van der Waals surface area contributed by atoms with Crippen molar-refractivity contribution in [2.24, 2.45) is 0 Å². The summed E-state index contributed by atoms with van der Waals surface area (Å²) in [6.07, 6.45) is 1.87. The average molecular weight is 333 g/mol. The normalized spacial score (nSPS) is 10.7. The van der Waals surface area contributed by atoms with E-state index in [-0.39, 0.29) is 0 Å². The second-order valence-corrected chi connectivity index (χ2v) is 5.73. The summed E-state index contributed by atoms with van der Waals surface area (Å²) < 4.78 is 0. The molecule has 0 aliphatic rings. The number of rotatable bonds is 3. The molecule has 0 aliphatic heterocycles. The smallest absolute Gasteiger partial charge is 0.182 e. The largest absolute Gasteiger partial charge is 0.360 e. The van der Waals surface area contributed by atoms with Gasteiger partial charge in [0.2, 0.25) is 0 Å². The van der Waals surface area contributed by atoms with Gasteiger partial charge in [-0.1, -0.05) is 41.9 Å². The van der Waals surface area contributed by atoms with Crippen LogP contribution in [0.25, 0.3) is 34.0 Å². The Morgan fingerprint density at radius 1 is 0.708 bits per heavy atom. The fourth-order valence-electron chi connectivity index (χ4n) is 2.50. The Balaban J connectivity index is 1.89. The number of H-pyrrole nitrogens is 1. The molecule has 4 aromatic rings. The fourth-order valence-corrected chi connectivity index (χ4v) is 2.63. The Bertz CT molecular complexity index is 949. The fraction of sp³-hybridized carbons (Fsp3) is 0. The maximum absolute atomic E-state index is 5.96. The van der Waals surface area contributed by atoms with Gasteiger partial charge in [-0.3, -0.25) is 0 Å². The van der Waals surface area contributed by atoms with E-state index in [1.807, 2.05) is 72.9 Å². The number of hydrogen-bond donors (Lipinski definition) is 1. The Labute approximate surface area is 144 Å². The monoisotopic (exact) mass is 332 g/mol. The molecule has 4 rings (SSSR count). The number of benzene rings is 2. The van der Waals surface area contributed by atoms with Crippen LogP contribution in [0.4, 0.5) is 0 Å². The zero-order chi connectivity index (χ0) is 16.4. The van der Waals surface area contributed by atoms with E-state index >= 15 is 0 Å². The molecule has 1 N–H and O–H groups in total. The summed E-state index contributed by atoms with van der Waals surface area (Å²) in [7, 11) is 0. The third-order valence-corrected chi connectivity index (χ3v) is 3.94. The van der Waals surface area contributed by atoms with Crippen LogP contribution in [-0.4, -0.2) is 20.2 Å². The Morgan fingerprint density at radius 2 is 1.50 bits per heavy atom. The maximum atomic E-state index is 5.96. The SMILES string of the molecule is Clc1ccc(-c2nnc(-c3ccccc3)c(-c3ccc[nH]3)n2)cc1. The molecule has 5 heteroatoms. The molecule has 0 unspecified atom stereocenters. The maximum Gasteiger partial charge on any atom is 0.182 e. The van der Waals surface area contributed by atoms with Gasteiger partial charge < -0.3 is 4.98 Å². The molecule has 2 heterocycles. The van der Waals surface area contributed by atoms with Gasteiger partial charge in [-0.05, 0) is 36.4 Å². The standard InChI is InChI=1S/C19H13ClN4/c20-15-10-8-14(9-11-15)19-22-18(16-7-4-12-21-16)17(23-24-19)13-5-2-1-3-6-13/h1-12,21H. The predicted octanol–water partition coefficient (Wildman–Crippen LogP) is 4.85. The van der Waals surface area contributed by atoms with Gasteiger partial charge in [-0.25, -0.2) is 4.98 Å². The van der Waals surface area contributed by atoms with Gasteiger partial charge in [-0.15, -0.1) is 10.2 Å². The van der Waals surface area contributed by atoms with E-state index in [4.69, 9.17) is 16.6 Å². The summed E-state index contributed by atoms with van der Waals surface area (Å²) in [6, 6.07) is 21.3. The van der Waals surface area contributed by atoms with Crippen LogP contribution < -0.4 is 0 Å². The van der Waals surface area contributed by atoms with Crippen LogP contribution in [0.5, 0.6) is 0 Å². The van der Waals surface area contributed by atoms with Gasteiger partial charge in [-0.2, -0.15) is 0 Å². The highest BCUT2D eigenvalue weighted by atomic mass is 35.5. The van der Waals surface area contributed by atoms with Crippen molar-refractivity contribution in [3.63, 3.8) is 0 Å². The zero-order valence-corrected chi connectivity index (χ0v) is 13.4. The quantitative estimate of drug-likeness (QED) is 0.583. The minimum absolute atomic E-state index is 0.566. The molecule has 2 aromatic carbocycles. The first-order chi connectivity index (χ1) is 11.8. The molecule has 0 bridgehead atoms. The second-order valence-electron chi connectivity index (χ2n) is 5.29. The molecule has 2 aromatic heterocycles. The summed E-state index contributed by atoms with van der Waals surface area (Å²) in [6.45, 7) is 0. The lowest BCUT2D eigenvalue weighted by molar-refractivity contribution is 0.989. The number of aromatic amines is 1. The van der Waals surface area contributed by atoms with Crippen molar-refractivity contribution in [3.05, 3.63) is 77.9 Å². The molecule has 4 nitrogen and oxygen atoms in total. The van der Waals surface area contributed by atoms with Gasteiger partial charge in [0.1, 0.15) is 11.4 Å². The topological polar surface area (TPSA) is 54.5 Å². The molecule has 0 radical (unpaired) electrons. The van der Waals surface area contributed by atoms with Crippen molar-refractivity contribution >= 4 is 11.6 Å². The highest BCUT2D eigenvalue weighted by Gasteiger charge is 2.14. The summed E-state index contributed by atoms with van der Waals surface area (Å²) in [5.41, 5.74) is 4.27. The van der Waals surface area contributed by atoms with E-state index in [9.17, 15) is 0 Å². The van der Waals surface area contributed by atoms with Crippen LogP contribution in [0, 0.1) is 0 Å². The van der Waals surface area contributed by atoms with Crippen molar-refractivity contribution in [3.8, 4) is 34.0 Å². The van der Waals surface area contributed by atoms with E-state index in [1.54, 1.807) is 0 Å². The van der Waals surface area contributed by atoms with E-state index < -0.39 is 0 Å². The van der Waals surface area contributed by atoms with E-state index in [2.05, 4.69) is 15.2 Å². The first-order valence-electron chi connectivity index (χ1n) is 7.51. The Kier molecular flexibility index (Phi) is 3.81. The Hall–Kier alpha value is -2.98. The van der Waals surface area contributed by atoms with E-state index in [0.29, 0.717) is 10.8 Å². The molecule has 116 valence electrons. The number of hydrogen-bond acceptors (Lipinski definition) is 3. The van der Waals surface area contributed by atoms with Crippen molar-refractivity contribution in [2.45, 2.75) is 0 Å². The van der Waals surface area contributed by atoms with Crippen LogP contribution in [0.2, 0.25) is 5.02 Å². The van der Waals surface area contributed by atoms with Crippen molar-refractivity contribution in [2.75, 3.05) is 0 Å². The molecular formula is C19H13ClN4. The molecule has 0 saturated heterocycles. The lowest BCUT2D eigenvalue weighted by atomic mass is 10.1. The minimum Gasteiger partial charge on any atom is -0.360 e. The second kappa shape index (κ2) is 6.26. The summed E-state index contributed by atoms with van der Waals surface area (Å²) in [5, 5.41) is 9.42. The first kappa shape index (κ1) is 14.6. The summed E-state index contributed by atoms with van der Waals surface area (Å²) >= 11 is 5.96. The molecule has 0 amide bonds. The number of halogens is 1. The van der Waals surface area contributed by atoms with Crippen molar-refractivity contribution < 1.29 is 0 Å². The minimum atomic E-state index is 0.566. The van der Waals surface area contributed by atoms with Crippen LogP contribution in [0.15, 0.2) is 72.9 Å². The first-order valence-corrected chi connectivity index (χ1v) is 7.89. The van der Waals surface area contributed by atoms with Crippen LogP contribution in [0.3, 0.4) is 0 Å². The molecule has 0 saturated carbocycles. The molecular weight excluding hydrogens is 320 g/mol. The van der Waals surface area contributed by atoms with Crippen LogP contribution in [-0.2, 0) is 0 Å².